The van der Waals surface area contributed by atoms with Gasteiger partial charge in [0, 0.05) is 5.69 Å². The molecule has 0 bridgehead atoms. The SMILES string of the molecule is COc1ccccc1N1C(=S)N=C(Nc2c(C)cccc2C)C12CCCCC2. The molecule has 0 radical (unpaired) electrons. The zero-order valence-corrected chi connectivity index (χ0v) is 17.6. The molecule has 0 unspecified atom stereocenters. The van der Waals surface area contributed by atoms with Crippen molar-refractivity contribution in [2.45, 2.75) is 51.5 Å². The molecule has 28 heavy (non-hydrogen) atoms. The molecule has 1 aliphatic heterocycles. The average molecular weight is 394 g/mol. The lowest BCUT2D eigenvalue weighted by molar-refractivity contribution is 0.378. The lowest BCUT2D eigenvalue weighted by Crippen LogP contribution is -2.55. The van der Waals surface area contributed by atoms with Gasteiger partial charge in [-0.25, -0.2) is 4.99 Å². The molecule has 4 nitrogen and oxygen atoms in total. The third-order valence-corrected chi connectivity index (χ3v) is 6.27. The lowest BCUT2D eigenvalue weighted by Gasteiger charge is -2.43. The van der Waals surface area contributed by atoms with Crippen molar-refractivity contribution in [2.24, 2.45) is 4.99 Å². The molecule has 4 rings (SSSR count). The van der Waals surface area contributed by atoms with E-state index in [1.54, 1.807) is 7.11 Å². The van der Waals surface area contributed by atoms with Crippen molar-refractivity contribution < 1.29 is 4.74 Å². The van der Waals surface area contributed by atoms with Crippen LogP contribution in [0.2, 0.25) is 0 Å². The Hall–Kier alpha value is -2.40. The first kappa shape index (κ1) is 18.9. The first-order valence-electron chi connectivity index (χ1n) is 9.96. The largest absolute Gasteiger partial charge is 0.495 e. The van der Waals surface area contributed by atoms with Crippen LogP contribution < -0.4 is 15.0 Å². The second kappa shape index (κ2) is 7.55. The van der Waals surface area contributed by atoms with E-state index >= 15 is 0 Å². The molecule has 2 aromatic carbocycles. The third kappa shape index (κ3) is 3.08. The molecule has 1 fully saturated rings. The van der Waals surface area contributed by atoms with Gasteiger partial charge in [0.05, 0.1) is 12.8 Å². The Balaban J connectivity index is 1.79. The summed E-state index contributed by atoms with van der Waals surface area (Å²) >= 11 is 5.79. The summed E-state index contributed by atoms with van der Waals surface area (Å²) in [7, 11) is 1.71. The maximum Gasteiger partial charge on any atom is 0.202 e. The standard InChI is InChI=1S/C23H27N3OS/c1-16-10-9-11-17(2)20(16)24-21-23(14-7-4-8-15-23)26(22(28)25-21)18-12-5-6-13-19(18)27-3/h5-6,9-13H,4,7-8,14-15H2,1-3H3,(H,24,25,28). The normalized spacial score (nSPS) is 18.3. The van der Waals surface area contributed by atoms with Crippen LogP contribution in [0.1, 0.15) is 43.2 Å². The number of rotatable bonds is 3. The number of anilines is 2. The Kier molecular flexibility index (Phi) is 5.11. The highest BCUT2D eigenvalue weighted by molar-refractivity contribution is 7.80. The fourth-order valence-corrected chi connectivity index (χ4v) is 4.92. The van der Waals surface area contributed by atoms with Gasteiger partial charge in [0.15, 0.2) is 0 Å². The van der Waals surface area contributed by atoms with Crippen molar-refractivity contribution in [1.82, 2.24) is 0 Å². The Labute approximate surface area is 172 Å². The van der Waals surface area contributed by atoms with Crippen molar-refractivity contribution >= 4 is 34.5 Å². The summed E-state index contributed by atoms with van der Waals surface area (Å²) in [5, 5.41) is 4.30. The van der Waals surface area contributed by atoms with Gasteiger partial charge in [0.2, 0.25) is 5.11 Å². The molecule has 0 amide bonds. The van der Waals surface area contributed by atoms with Crippen LogP contribution in [0.25, 0.3) is 0 Å². The molecular weight excluding hydrogens is 366 g/mol. The highest BCUT2D eigenvalue weighted by atomic mass is 32.1. The summed E-state index contributed by atoms with van der Waals surface area (Å²) in [6.45, 7) is 4.27. The maximum absolute atomic E-state index is 5.79. The van der Waals surface area contributed by atoms with Crippen LogP contribution in [0, 0.1) is 13.8 Å². The van der Waals surface area contributed by atoms with Gasteiger partial charge in [-0.3, -0.25) is 0 Å². The molecule has 1 aliphatic carbocycles. The first-order chi connectivity index (χ1) is 13.6. The van der Waals surface area contributed by atoms with Gasteiger partial charge < -0.3 is 15.0 Å². The topological polar surface area (TPSA) is 36.9 Å². The van der Waals surface area contributed by atoms with E-state index in [0.29, 0.717) is 5.11 Å². The molecule has 1 spiro atoms. The second-order valence-electron chi connectivity index (χ2n) is 7.73. The van der Waals surface area contributed by atoms with E-state index in [1.807, 2.05) is 18.2 Å². The molecule has 1 heterocycles. The summed E-state index contributed by atoms with van der Waals surface area (Å²) in [4.78, 5) is 7.12. The summed E-state index contributed by atoms with van der Waals surface area (Å²) in [5.41, 5.74) is 4.33. The number of ether oxygens (including phenoxy) is 1. The molecule has 0 aromatic heterocycles. The van der Waals surface area contributed by atoms with Gasteiger partial charge in [0.1, 0.15) is 17.1 Å². The third-order valence-electron chi connectivity index (χ3n) is 6.00. The summed E-state index contributed by atoms with van der Waals surface area (Å²) < 4.78 is 5.66. The first-order valence-corrected chi connectivity index (χ1v) is 10.4. The number of aliphatic imine (C=N–C) groups is 1. The highest BCUT2D eigenvalue weighted by Crippen LogP contribution is 2.45. The van der Waals surface area contributed by atoms with Crippen LogP contribution in [0.3, 0.4) is 0 Å². The number of nitrogens with zero attached hydrogens (tertiary/aromatic N) is 2. The number of nitrogens with one attached hydrogen (secondary N) is 1. The van der Waals surface area contributed by atoms with E-state index < -0.39 is 0 Å². The number of para-hydroxylation sites is 3. The zero-order chi connectivity index (χ0) is 19.7. The van der Waals surface area contributed by atoms with Crippen molar-refractivity contribution in [1.29, 1.82) is 0 Å². The summed E-state index contributed by atoms with van der Waals surface area (Å²) in [5.74, 6) is 1.80. The minimum Gasteiger partial charge on any atom is -0.495 e. The summed E-state index contributed by atoms with van der Waals surface area (Å²) in [6.07, 6.45) is 5.65. The fourth-order valence-electron chi connectivity index (χ4n) is 4.56. The van der Waals surface area contributed by atoms with Crippen LogP contribution in [0.15, 0.2) is 47.5 Å². The van der Waals surface area contributed by atoms with Crippen molar-refractivity contribution in [3.05, 3.63) is 53.6 Å². The molecule has 0 saturated heterocycles. The van der Waals surface area contributed by atoms with E-state index in [-0.39, 0.29) is 5.54 Å². The zero-order valence-electron chi connectivity index (χ0n) is 16.8. The van der Waals surface area contributed by atoms with Gasteiger partial charge in [-0.05, 0) is 62.2 Å². The van der Waals surface area contributed by atoms with Gasteiger partial charge in [-0.2, -0.15) is 0 Å². The predicted octanol–water partition coefficient (Wildman–Crippen LogP) is 5.63. The predicted molar refractivity (Wildman–Crippen MR) is 121 cm³/mol. The van der Waals surface area contributed by atoms with Crippen LogP contribution in [-0.2, 0) is 0 Å². The van der Waals surface area contributed by atoms with Gasteiger partial charge in [-0.1, -0.05) is 49.6 Å². The van der Waals surface area contributed by atoms with Gasteiger partial charge >= 0.3 is 0 Å². The van der Waals surface area contributed by atoms with E-state index in [9.17, 15) is 0 Å². The van der Waals surface area contributed by atoms with Gasteiger partial charge in [0.25, 0.3) is 0 Å². The van der Waals surface area contributed by atoms with Crippen LogP contribution >= 0.6 is 12.2 Å². The molecule has 2 aliphatic rings. The Morgan fingerprint density at radius 2 is 1.68 bits per heavy atom. The van der Waals surface area contributed by atoms with E-state index in [2.05, 4.69) is 48.3 Å². The second-order valence-corrected chi connectivity index (χ2v) is 8.10. The lowest BCUT2D eigenvalue weighted by atomic mass is 9.79. The molecule has 1 saturated carbocycles. The smallest absolute Gasteiger partial charge is 0.202 e. The minimum atomic E-state index is -0.237. The average Bonchev–Trinajstić information content (AvgIpc) is 2.96. The van der Waals surface area contributed by atoms with Crippen LogP contribution in [0.4, 0.5) is 11.4 Å². The number of hydrogen-bond acceptors (Lipinski definition) is 3. The van der Waals surface area contributed by atoms with Crippen molar-refractivity contribution in [3.63, 3.8) is 0 Å². The monoisotopic (exact) mass is 393 g/mol. The molecule has 0 atom stereocenters. The number of thiocarbonyl (C=S) groups is 1. The van der Waals surface area contributed by atoms with E-state index in [1.165, 1.54) is 30.4 Å². The molecule has 1 N–H and O–H groups in total. The van der Waals surface area contributed by atoms with Crippen LogP contribution in [0.5, 0.6) is 5.75 Å². The fraction of sp³-hybridized carbons (Fsp3) is 0.391. The molecule has 5 heteroatoms. The molecule has 146 valence electrons. The Morgan fingerprint density at radius 1 is 1.00 bits per heavy atom. The van der Waals surface area contributed by atoms with Gasteiger partial charge in [-0.15, -0.1) is 0 Å². The quantitative estimate of drug-likeness (QED) is 0.686. The number of benzene rings is 2. The Bertz CT molecular complexity index is 911. The number of methoxy groups -OCH3 is 1. The number of amidine groups is 1. The van der Waals surface area contributed by atoms with Crippen molar-refractivity contribution in [3.8, 4) is 5.75 Å². The minimum absolute atomic E-state index is 0.237. The van der Waals surface area contributed by atoms with E-state index in [4.69, 9.17) is 21.9 Å². The molecular formula is C23H27N3OS. The highest BCUT2D eigenvalue weighted by Gasteiger charge is 2.50. The number of aryl methyl sites for hydroxylation is 2. The maximum atomic E-state index is 5.79. The Morgan fingerprint density at radius 3 is 2.36 bits per heavy atom. The van der Waals surface area contributed by atoms with Crippen LogP contribution in [-0.4, -0.2) is 23.6 Å². The summed E-state index contributed by atoms with van der Waals surface area (Å²) in [6, 6.07) is 14.5. The molecule has 2 aromatic rings. The number of hydrogen-bond donors (Lipinski definition) is 1. The van der Waals surface area contributed by atoms with Crippen molar-refractivity contribution in [2.75, 3.05) is 17.3 Å². The van der Waals surface area contributed by atoms with E-state index in [0.717, 1.165) is 35.8 Å².